The van der Waals surface area contributed by atoms with Crippen LogP contribution in [0.3, 0.4) is 0 Å². The Morgan fingerprint density at radius 1 is 1.23 bits per heavy atom. The number of hydrogen-bond acceptors (Lipinski definition) is 7. The van der Waals surface area contributed by atoms with Crippen LogP contribution in [0.2, 0.25) is 5.02 Å². The molecule has 1 aromatic carbocycles. The Morgan fingerprint density at radius 2 is 1.93 bits per heavy atom. The maximum atomic E-state index is 15.1. The van der Waals surface area contributed by atoms with Crippen molar-refractivity contribution in [3.8, 4) is 22.8 Å². The molecule has 3 aliphatic rings. The smallest absolute Gasteiger partial charge is 0.261 e. The summed E-state index contributed by atoms with van der Waals surface area (Å²) in [4.78, 5) is 38.5. The lowest BCUT2D eigenvalue weighted by Gasteiger charge is -2.40. The molecule has 0 radical (unpaired) electrons. The molecule has 0 saturated carbocycles. The van der Waals surface area contributed by atoms with Gasteiger partial charge in [-0.05, 0) is 52.6 Å². The number of aromatic hydroxyl groups is 1. The molecule has 0 spiro atoms. The Kier molecular flexibility index (Phi) is 7.16. The first-order chi connectivity index (χ1) is 18.9. The molecule has 5 rings (SSSR count). The van der Waals surface area contributed by atoms with Crippen LogP contribution in [0.15, 0.2) is 24.8 Å². The van der Waals surface area contributed by atoms with Gasteiger partial charge in [0.2, 0.25) is 5.91 Å². The van der Waals surface area contributed by atoms with E-state index >= 15 is 4.39 Å². The predicted octanol–water partition coefficient (Wildman–Crippen LogP) is 3.54. The van der Waals surface area contributed by atoms with Gasteiger partial charge in [-0.1, -0.05) is 18.2 Å². The molecule has 3 aliphatic heterocycles. The number of hydrogen-bond donors (Lipinski definition) is 1. The highest BCUT2D eigenvalue weighted by molar-refractivity contribution is 6.35. The van der Waals surface area contributed by atoms with Gasteiger partial charge in [-0.15, -0.1) is 0 Å². The van der Waals surface area contributed by atoms with Gasteiger partial charge < -0.3 is 29.4 Å². The van der Waals surface area contributed by atoms with E-state index in [1.54, 1.807) is 9.80 Å². The Bertz CT molecular complexity index is 1400. The van der Waals surface area contributed by atoms with Crippen LogP contribution < -0.4 is 9.64 Å². The molecule has 9 nitrogen and oxygen atoms in total. The summed E-state index contributed by atoms with van der Waals surface area (Å²) in [5, 5.41) is 10.3. The van der Waals surface area contributed by atoms with Crippen molar-refractivity contribution in [2.24, 2.45) is 0 Å². The first kappa shape index (κ1) is 28.1. The molecule has 12 heteroatoms. The molecule has 1 aromatic heterocycles. The maximum absolute atomic E-state index is 15.1. The third-order valence-electron chi connectivity index (χ3n) is 8.10. The van der Waals surface area contributed by atoms with Crippen molar-refractivity contribution in [2.45, 2.75) is 37.9 Å². The monoisotopic (exact) mass is 575 g/mol. The van der Waals surface area contributed by atoms with Crippen LogP contribution in [0.25, 0.3) is 11.3 Å². The summed E-state index contributed by atoms with van der Waals surface area (Å²) in [6.45, 7) is 8.89. The molecular formula is C28H32ClF2N5O4. The lowest BCUT2D eigenvalue weighted by molar-refractivity contribution is -0.128. The van der Waals surface area contributed by atoms with Crippen molar-refractivity contribution >= 4 is 29.2 Å². The van der Waals surface area contributed by atoms with Crippen molar-refractivity contribution in [1.82, 2.24) is 19.7 Å². The van der Waals surface area contributed by atoms with E-state index in [2.05, 4.69) is 16.5 Å². The quantitative estimate of drug-likeness (QED) is 0.558. The Morgan fingerprint density at radius 3 is 2.58 bits per heavy atom. The number of aromatic nitrogens is 1. The zero-order chi connectivity index (χ0) is 29.1. The normalized spacial score (nSPS) is 22.1. The number of ether oxygens (including phenoxy) is 1. The molecular weight excluding hydrogens is 544 g/mol. The summed E-state index contributed by atoms with van der Waals surface area (Å²) in [5.41, 5.74) is -1.12. The number of piperazine rings is 1. The summed E-state index contributed by atoms with van der Waals surface area (Å²) in [5.74, 6) is -3.35. The van der Waals surface area contributed by atoms with Gasteiger partial charge >= 0.3 is 0 Å². The Hall–Kier alpha value is -3.44. The molecule has 2 atom stereocenters. The molecule has 4 heterocycles. The van der Waals surface area contributed by atoms with Crippen LogP contribution in [-0.2, 0) is 4.79 Å². The predicted molar refractivity (Wildman–Crippen MR) is 147 cm³/mol. The molecule has 0 bridgehead atoms. The van der Waals surface area contributed by atoms with Gasteiger partial charge in [0.15, 0.2) is 17.3 Å². The third kappa shape index (κ3) is 4.54. The summed E-state index contributed by atoms with van der Waals surface area (Å²) >= 11 is 6.76. The number of fused-ring (bicyclic) bond motifs is 2. The highest BCUT2D eigenvalue weighted by Crippen LogP contribution is 2.48. The van der Waals surface area contributed by atoms with Gasteiger partial charge in [0.25, 0.3) is 5.91 Å². The molecule has 2 fully saturated rings. The molecule has 2 saturated heterocycles. The second kappa shape index (κ2) is 10.2. The Balaban J connectivity index is 1.71. The number of nitrogens with zero attached hydrogens (tertiary/aromatic N) is 5. The SMILES string of the molecule is C=CC(=O)N1CCN2C(=O)c3c(N4C[C@H](N(C)C)CC4(C)C)nc(-c4c(F)ccc(F)c4O)c(Cl)c3OC[C@H]2C1. The molecule has 214 valence electrons. The summed E-state index contributed by atoms with van der Waals surface area (Å²) in [7, 11) is 3.93. The standard InChI is InChI=1S/C28H32ClF2N5O4/c1-6-19(37)34-9-10-35-16(12-34)14-40-25-21(27(35)39)26(36-13-15(33(4)5)11-28(36,2)3)32-23(22(25)29)20-17(30)7-8-18(31)24(20)38/h6-8,15-16,38H,1,9-14H2,2-5H3/t15-,16-/m1/s1. The van der Waals surface area contributed by atoms with Crippen molar-refractivity contribution in [1.29, 1.82) is 0 Å². The highest BCUT2D eigenvalue weighted by atomic mass is 35.5. The van der Waals surface area contributed by atoms with Crippen LogP contribution in [0.4, 0.5) is 14.6 Å². The summed E-state index contributed by atoms with van der Waals surface area (Å²) in [6, 6.07) is 1.33. The minimum absolute atomic E-state index is 0.00358. The lowest BCUT2D eigenvalue weighted by Crippen LogP contribution is -2.57. The van der Waals surface area contributed by atoms with Gasteiger partial charge in [0.05, 0.1) is 11.6 Å². The maximum Gasteiger partial charge on any atom is 0.261 e. The zero-order valence-corrected chi connectivity index (χ0v) is 23.6. The van der Waals surface area contributed by atoms with Crippen LogP contribution >= 0.6 is 11.6 Å². The fraction of sp³-hybridized carbons (Fsp3) is 0.464. The van der Waals surface area contributed by atoms with E-state index in [0.29, 0.717) is 13.1 Å². The lowest BCUT2D eigenvalue weighted by atomic mass is 9.99. The number of rotatable bonds is 4. The first-order valence-electron chi connectivity index (χ1n) is 13.1. The fourth-order valence-electron chi connectivity index (χ4n) is 5.83. The molecule has 0 aliphatic carbocycles. The van der Waals surface area contributed by atoms with E-state index in [0.717, 1.165) is 18.6 Å². The third-order valence-corrected chi connectivity index (χ3v) is 8.45. The number of carbonyl (C=O) groups is 2. The number of pyridine rings is 1. The number of phenolic OH excluding ortho intramolecular Hbond substituents is 1. The minimum atomic E-state index is -1.04. The average molecular weight is 576 g/mol. The number of amides is 2. The van der Waals surface area contributed by atoms with Gasteiger partial charge in [-0.2, -0.15) is 0 Å². The number of carbonyl (C=O) groups excluding carboxylic acids is 2. The Labute approximate surface area is 236 Å². The van der Waals surface area contributed by atoms with E-state index < -0.39 is 34.5 Å². The average Bonchev–Trinajstić information content (AvgIpc) is 3.16. The number of halogens is 3. The van der Waals surface area contributed by atoms with Crippen molar-refractivity contribution < 1.29 is 28.2 Å². The van der Waals surface area contributed by atoms with Crippen molar-refractivity contribution in [3.63, 3.8) is 0 Å². The zero-order valence-electron chi connectivity index (χ0n) is 22.9. The van der Waals surface area contributed by atoms with Crippen LogP contribution in [-0.4, -0.2) is 101 Å². The molecule has 40 heavy (non-hydrogen) atoms. The van der Waals surface area contributed by atoms with Crippen LogP contribution in [0.1, 0.15) is 30.6 Å². The van der Waals surface area contributed by atoms with E-state index in [4.69, 9.17) is 16.3 Å². The fourth-order valence-corrected chi connectivity index (χ4v) is 6.12. The highest BCUT2D eigenvalue weighted by Gasteiger charge is 2.46. The minimum Gasteiger partial charge on any atom is -0.504 e. The van der Waals surface area contributed by atoms with Gasteiger partial charge in [0.1, 0.15) is 34.5 Å². The van der Waals surface area contributed by atoms with E-state index in [1.165, 1.54) is 6.08 Å². The van der Waals surface area contributed by atoms with Crippen LogP contribution in [0, 0.1) is 11.6 Å². The molecule has 1 N–H and O–H groups in total. The van der Waals surface area contributed by atoms with Crippen LogP contribution in [0.5, 0.6) is 11.5 Å². The summed E-state index contributed by atoms with van der Waals surface area (Å²) in [6.07, 6.45) is 1.97. The topological polar surface area (TPSA) is 89.5 Å². The largest absolute Gasteiger partial charge is 0.504 e. The van der Waals surface area contributed by atoms with Crippen molar-refractivity contribution in [2.75, 3.05) is 51.8 Å². The number of benzene rings is 1. The van der Waals surface area contributed by atoms with Crippen molar-refractivity contribution in [3.05, 3.63) is 47.0 Å². The molecule has 0 unspecified atom stereocenters. The molecule has 2 amide bonds. The summed E-state index contributed by atoms with van der Waals surface area (Å²) < 4.78 is 35.7. The second-order valence-electron chi connectivity index (χ2n) is 11.3. The van der Waals surface area contributed by atoms with E-state index in [9.17, 15) is 19.1 Å². The van der Waals surface area contributed by atoms with Gasteiger partial charge in [-0.25, -0.2) is 13.8 Å². The van der Waals surface area contributed by atoms with E-state index in [-0.39, 0.29) is 65.4 Å². The number of phenols is 1. The first-order valence-corrected chi connectivity index (χ1v) is 13.4. The second-order valence-corrected chi connectivity index (χ2v) is 11.6. The number of anilines is 1. The molecule has 2 aromatic rings. The van der Waals surface area contributed by atoms with Gasteiger partial charge in [-0.3, -0.25) is 9.59 Å². The van der Waals surface area contributed by atoms with E-state index in [1.807, 2.05) is 32.8 Å². The van der Waals surface area contributed by atoms with Gasteiger partial charge in [0, 0.05) is 37.8 Å². The number of likely N-dealkylation sites (N-methyl/N-ethyl adjacent to an activating group) is 1.